The highest BCUT2D eigenvalue weighted by molar-refractivity contribution is 5.59. The van der Waals surface area contributed by atoms with E-state index in [1.807, 2.05) is 48.5 Å². The summed E-state index contributed by atoms with van der Waals surface area (Å²) in [5.74, 6) is 1.25. The summed E-state index contributed by atoms with van der Waals surface area (Å²) in [6.45, 7) is 3.07. The summed E-state index contributed by atoms with van der Waals surface area (Å²) in [6.07, 6.45) is -1.75. The number of nitrogens with zero attached hydrogens (tertiary/aromatic N) is 3. The van der Waals surface area contributed by atoms with Crippen molar-refractivity contribution in [1.29, 1.82) is 0 Å². The van der Waals surface area contributed by atoms with Crippen LogP contribution in [0.4, 0.5) is 5.69 Å². The zero-order chi connectivity index (χ0) is 24.1. The Bertz CT molecular complexity index is 1040. The average Bonchev–Trinajstić information content (AvgIpc) is 3.32. The summed E-state index contributed by atoms with van der Waals surface area (Å²) in [5.41, 5.74) is 3.97. The largest absolute Gasteiger partial charge is 0.395 e. The van der Waals surface area contributed by atoms with Gasteiger partial charge in [-0.15, -0.1) is 0 Å². The summed E-state index contributed by atoms with van der Waals surface area (Å²) in [7, 11) is 0. The molecule has 0 saturated carbocycles. The normalized spacial score (nSPS) is 23.2. The minimum Gasteiger partial charge on any atom is -0.395 e. The van der Waals surface area contributed by atoms with Crippen LogP contribution in [0.25, 0.3) is 11.4 Å². The number of nitrogens with one attached hydrogen (secondary N) is 1. The minimum atomic E-state index is -1.25. The van der Waals surface area contributed by atoms with Gasteiger partial charge < -0.3 is 30.3 Å². The van der Waals surface area contributed by atoms with Crippen molar-refractivity contribution in [1.82, 2.24) is 15.0 Å². The number of aromatic nitrogens is 2. The molecule has 0 spiro atoms. The zero-order valence-electron chi connectivity index (χ0n) is 19.2. The molecule has 1 saturated heterocycles. The van der Waals surface area contributed by atoms with Crippen LogP contribution in [0.3, 0.4) is 0 Å². The Morgan fingerprint density at radius 1 is 1.00 bits per heavy atom. The van der Waals surface area contributed by atoms with E-state index in [2.05, 4.69) is 22.4 Å². The number of likely N-dealkylation sites (tertiary alicyclic amines) is 1. The van der Waals surface area contributed by atoms with Gasteiger partial charge in [0.25, 0.3) is 0 Å². The molecule has 0 bridgehead atoms. The van der Waals surface area contributed by atoms with Gasteiger partial charge in [-0.1, -0.05) is 36.3 Å². The van der Waals surface area contributed by atoms with Crippen LogP contribution in [0, 0.1) is 0 Å². The predicted molar refractivity (Wildman–Crippen MR) is 127 cm³/mol. The van der Waals surface area contributed by atoms with Gasteiger partial charge in [0.2, 0.25) is 11.7 Å². The molecular formula is C25H32N4O5. The number of hydrogen-bond donors (Lipinski definition) is 5. The Morgan fingerprint density at radius 3 is 2.38 bits per heavy atom. The maximum atomic E-state index is 10.2. The Hall–Kier alpha value is -2.82. The molecule has 0 radical (unpaired) electrons. The van der Waals surface area contributed by atoms with Gasteiger partial charge in [-0.25, -0.2) is 0 Å². The van der Waals surface area contributed by atoms with E-state index in [9.17, 15) is 20.4 Å². The molecule has 9 heteroatoms. The summed E-state index contributed by atoms with van der Waals surface area (Å²) >= 11 is 0. The van der Waals surface area contributed by atoms with E-state index in [1.165, 1.54) is 0 Å². The average molecular weight is 469 g/mol. The van der Waals surface area contributed by atoms with Crippen LogP contribution in [0.2, 0.25) is 0 Å². The maximum absolute atomic E-state index is 10.2. The first-order chi connectivity index (χ1) is 16.5. The highest BCUT2D eigenvalue weighted by Gasteiger charge is 2.40. The SMILES string of the molecule is CCCc1nc(-c2ccc(NCc3ccc(CN4C[C@H](O)[C@@H](O)[C@H](O)[C@H]4CO)cc3)cc2)no1. The number of piperidine rings is 1. The fourth-order valence-corrected chi connectivity index (χ4v) is 4.19. The zero-order valence-corrected chi connectivity index (χ0v) is 19.2. The lowest BCUT2D eigenvalue weighted by molar-refractivity contribution is -0.147. The topological polar surface area (TPSA) is 135 Å². The lowest BCUT2D eigenvalue weighted by Crippen LogP contribution is -2.62. The second-order valence-electron chi connectivity index (χ2n) is 8.74. The highest BCUT2D eigenvalue weighted by Crippen LogP contribution is 2.22. The van der Waals surface area contributed by atoms with E-state index in [4.69, 9.17) is 4.52 Å². The Morgan fingerprint density at radius 2 is 1.71 bits per heavy atom. The highest BCUT2D eigenvalue weighted by atomic mass is 16.5. The predicted octanol–water partition coefficient (Wildman–Crippen LogP) is 1.56. The van der Waals surface area contributed by atoms with Crippen LogP contribution in [-0.2, 0) is 19.5 Å². The third-order valence-electron chi connectivity index (χ3n) is 6.20. The number of aryl methyl sites for hydroxylation is 1. The summed E-state index contributed by atoms with van der Waals surface area (Å²) in [4.78, 5) is 6.21. The van der Waals surface area contributed by atoms with Gasteiger partial charge in [0.05, 0.1) is 18.8 Å². The molecule has 0 unspecified atom stereocenters. The lowest BCUT2D eigenvalue weighted by Gasteiger charge is -2.43. The fraction of sp³-hybridized carbons (Fsp3) is 0.440. The first kappa shape index (κ1) is 24.3. The third-order valence-corrected chi connectivity index (χ3v) is 6.20. The molecule has 4 rings (SSSR count). The Labute approximate surface area is 198 Å². The number of β-amino-alcohol motifs (C(OH)–C–C–N with tert-alkyl or cyclic N) is 1. The molecular weight excluding hydrogens is 436 g/mol. The van der Waals surface area contributed by atoms with Gasteiger partial charge in [-0.2, -0.15) is 4.98 Å². The van der Waals surface area contributed by atoms with Crippen molar-refractivity contribution in [2.45, 2.75) is 57.2 Å². The van der Waals surface area contributed by atoms with E-state index in [-0.39, 0.29) is 13.2 Å². The molecule has 1 aliphatic rings. The van der Waals surface area contributed by atoms with Crippen LogP contribution >= 0.6 is 0 Å². The van der Waals surface area contributed by atoms with Crippen LogP contribution in [0.1, 0.15) is 30.4 Å². The molecule has 3 aromatic rings. The molecule has 4 atom stereocenters. The van der Waals surface area contributed by atoms with Crippen molar-refractivity contribution in [2.24, 2.45) is 0 Å². The molecule has 0 amide bonds. The van der Waals surface area contributed by atoms with Crippen LogP contribution in [0.15, 0.2) is 53.1 Å². The molecule has 1 fully saturated rings. The summed E-state index contributed by atoms with van der Waals surface area (Å²) in [6, 6.07) is 15.3. The van der Waals surface area contributed by atoms with Gasteiger partial charge in [-0.3, -0.25) is 4.90 Å². The van der Waals surface area contributed by atoms with Gasteiger partial charge >= 0.3 is 0 Å². The maximum Gasteiger partial charge on any atom is 0.226 e. The lowest BCUT2D eigenvalue weighted by atomic mass is 9.93. The Balaban J connectivity index is 1.31. The van der Waals surface area contributed by atoms with Gasteiger partial charge in [0.15, 0.2) is 0 Å². The molecule has 1 aliphatic heterocycles. The summed E-state index contributed by atoms with van der Waals surface area (Å²) in [5, 5.41) is 47.1. The number of aliphatic hydroxyl groups is 4. The van der Waals surface area contributed by atoms with E-state index in [0.29, 0.717) is 24.8 Å². The molecule has 2 aromatic carbocycles. The quantitative estimate of drug-likeness (QED) is 0.317. The van der Waals surface area contributed by atoms with Crippen LogP contribution in [-0.4, -0.2) is 73.0 Å². The number of rotatable bonds is 9. The van der Waals surface area contributed by atoms with Crippen molar-refractivity contribution in [3.05, 3.63) is 65.5 Å². The minimum absolute atomic E-state index is 0.187. The van der Waals surface area contributed by atoms with Crippen LogP contribution in [0.5, 0.6) is 0 Å². The van der Waals surface area contributed by atoms with Gasteiger partial charge in [0, 0.05) is 37.3 Å². The van der Waals surface area contributed by atoms with Crippen molar-refractivity contribution in [2.75, 3.05) is 18.5 Å². The molecule has 1 aromatic heterocycles. The molecule has 182 valence electrons. The second kappa shape index (κ2) is 11.1. The standard InChI is InChI=1S/C25H32N4O5/c1-2-3-22-27-25(28-34-22)18-8-10-19(11-9-18)26-12-16-4-6-17(7-5-16)13-29-14-21(31)24(33)23(32)20(29)15-30/h4-11,20-21,23-24,26,30-33H,2-3,12-15H2,1H3/t20-,21+,23-,24-/m1/s1. The summed E-state index contributed by atoms with van der Waals surface area (Å²) < 4.78 is 5.25. The van der Waals surface area contributed by atoms with Crippen LogP contribution < -0.4 is 5.32 Å². The molecule has 0 aliphatic carbocycles. The number of anilines is 1. The van der Waals surface area contributed by atoms with Gasteiger partial charge in [0.1, 0.15) is 12.2 Å². The van der Waals surface area contributed by atoms with Crippen molar-refractivity contribution in [3.63, 3.8) is 0 Å². The number of aliphatic hydroxyl groups excluding tert-OH is 4. The molecule has 5 N–H and O–H groups in total. The fourth-order valence-electron chi connectivity index (χ4n) is 4.19. The third kappa shape index (κ3) is 5.63. The first-order valence-corrected chi connectivity index (χ1v) is 11.6. The van der Waals surface area contributed by atoms with Crippen molar-refractivity contribution >= 4 is 5.69 Å². The molecule has 2 heterocycles. The Kier molecular flexibility index (Phi) is 7.91. The van der Waals surface area contributed by atoms with Gasteiger partial charge in [-0.05, 0) is 41.8 Å². The van der Waals surface area contributed by atoms with E-state index in [1.54, 1.807) is 4.90 Å². The van der Waals surface area contributed by atoms with E-state index in [0.717, 1.165) is 35.2 Å². The monoisotopic (exact) mass is 468 g/mol. The smallest absolute Gasteiger partial charge is 0.226 e. The first-order valence-electron chi connectivity index (χ1n) is 11.6. The van der Waals surface area contributed by atoms with E-state index < -0.39 is 24.4 Å². The van der Waals surface area contributed by atoms with Crippen molar-refractivity contribution in [3.8, 4) is 11.4 Å². The number of benzene rings is 2. The van der Waals surface area contributed by atoms with E-state index >= 15 is 0 Å². The van der Waals surface area contributed by atoms with Crippen molar-refractivity contribution < 1.29 is 24.9 Å². The number of hydrogen-bond acceptors (Lipinski definition) is 9. The molecule has 9 nitrogen and oxygen atoms in total. The molecule has 34 heavy (non-hydrogen) atoms. The second-order valence-corrected chi connectivity index (χ2v) is 8.74.